The van der Waals surface area contributed by atoms with Crippen molar-refractivity contribution in [3.05, 3.63) is 43.0 Å². The molecule has 1 N–H and O–H groups in total. The van der Waals surface area contributed by atoms with Gasteiger partial charge in [-0.15, -0.1) is 6.58 Å². The molecule has 0 saturated carbocycles. The van der Waals surface area contributed by atoms with Crippen molar-refractivity contribution in [1.29, 1.82) is 0 Å². The molecule has 1 rings (SSSR count). The van der Waals surface area contributed by atoms with Crippen molar-refractivity contribution < 1.29 is 4.74 Å². The third kappa shape index (κ3) is 4.99. The fourth-order valence-electron chi connectivity index (χ4n) is 1.63. The number of rotatable bonds is 8. The standard InChI is InChI=1S/C14H21NO/c1-3-8-13(15-4-2)11-12-16-14-9-6-5-7-10-14/h3,5-7,9-10,13,15H,1,4,8,11-12H2,2H3. The van der Waals surface area contributed by atoms with Crippen molar-refractivity contribution in [1.82, 2.24) is 5.32 Å². The summed E-state index contributed by atoms with van der Waals surface area (Å²) in [6, 6.07) is 10.4. The highest BCUT2D eigenvalue weighted by molar-refractivity contribution is 5.20. The summed E-state index contributed by atoms with van der Waals surface area (Å²) in [6.07, 6.45) is 3.95. The van der Waals surface area contributed by atoms with E-state index in [9.17, 15) is 0 Å². The second-order valence-electron chi connectivity index (χ2n) is 3.73. The highest BCUT2D eigenvalue weighted by Gasteiger charge is 2.04. The van der Waals surface area contributed by atoms with Crippen molar-refractivity contribution in [2.45, 2.75) is 25.8 Å². The summed E-state index contributed by atoms with van der Waals surface area (Å²) in [5.74, 6) is 0.941. The zero-order chi connectivity index (χ0) is 11.6. The summed E-state index contributed by atoms with van der Waals surface area (Å²) in [5, 5.41) is 3.42. The maximum Gasteiger partial charge on any atom is 0.119 e. The van der Waals surface area contributed by atoms with Crippen LogP contribution in [-0.2, 0) is 0 Å². The van der Waals surface area contributed by atoms with Crippen molar-refractivity contribution in [2.24, 2.45) is 0 Å². The molecule has 0 saturated heterocycles. The number of hydrogen-bond acceptors (Lipinski definition) is 2. The first-order valence-electron chi connectivity index (χ1n) is 5.89. The first kappa shape index (κ1) is 12.8. The lowest BCUT2D eigenvalue weighted by molar-refractivity contribution is 0.286. The highest BCUT2D eigenvalue weighted by Crippen LogP contribution is 2.09. The van der Waals surface area contributed by atoms with Crippen molar-refractivity contribution in [3.63, 3.8) is 0 Å². The van der Waals surface area contributed by atoms with E-state index in [1.54, 1.807) is 0 Å². The molecule has 0 spiro atoms. The summed E-state index contributed by atoms with van der Waals surface area (Å²) in [4.78, 5) is 0. The molecule has 1 unspecified atom stereocenters. The fraction of sp³-hybridized carbons (Fsp3) is 0.429. The average Bonchev–Trinajstić information content (AvgIpc) is 2.31. The van der Waals surface area contributed by atoms with Gasteiger partial charge in [-0.2, -0.15) is 0 Å². The molecule has 0 bridgehead atoms. The molecule has 1 aromatic rings. The van der Waals surface area contributed by atoms with Gasteiger partial charge in [-0.3, -0.25) is 0 Å². The molecule has 0 aromatic heterocycles. The molecule has 0 radical (unpaired) electrons. The van der Waals surface area contributed by atoms with E-state index in [0.29, 0.717) is 6.04 Å². The Morgan fingerprint density at radius 2 is 2.12 bits per heavy atom. The Labute approximate surface area is 98.3 Å². The summed E-state index contributed by atoms with van der Waals surface area (Å²) < 4.78 is 5.65. The summed E-state index contributed by atoms with van der Waals surface area (Å²) in [6.45, 7) is 7.62. The monoisotopic (exact) mass is 219 g/mol. The minimum atomic E-state index is 0.478. The first-order valence-corrected chi connectivity index (χ1v) is 5.89. The van der Waals surface area contributed by atoms with E-state index in [1.165, 1.54) is 0 Å². The van der Waals surface area contributed by atoms with Crippen molar-refractivity contribution in [3.8, 4) is 5.75 Å². The van der Waals surface area contributed by atoms with Gasteiger partial charge in [0, 0.05) is 6.04 Å². The van der Waals surface area contributed by atoms with Gasteiger partial charge >= 0.3 is 0 Å². The molecule has 0 aliphatic rings. The molecule has 16 heavy (non-hydrogen) atoms. The minimum Gasteiger partial charge on any atom is -0.494 e. The van der Waals surface area contributed by atoms with Gasteiger partial charge in [0.25, 0.3) is 0 Å². The van der Waals surface area contributed by atoms with Crippen LogP contribution < -0.4 is 10.1 Å². The zero-order valence-electron chi connectivity index (χ0n) is 9.99. The van der Waals surface area contributed by atoms with E-state index < -0.39 is 0 Å². The summed E-state index contributed by atoms with van der Waals surface area (Å²) in [7, 11) is 0. The Morgan fingerprint density at radius 1 is 1.38 bits per heavy atom. The van der Waals surface area contributed by atoms with Gasteiger partial charge < -0.3 is 10.1 Å². The molecule has 0 aliphatic carbocycles. The smallest absolute Gasteiger partial charge is 0.119 e. The van der Waals surface area contributed by atoms with Gasteiger partial charge in [0.05, 0.1) is 6.61 Å². The average molecular weight is 219 g/mol. The van der Waals surface area contributed by atoms with Gasteiger partial charge in [-0.25, -0.2) is 0 Å². The third-order valence-corrected chi connectivity index (χ3v) is 2.42. The molecule has 1 aromatic carbocycles. The quantitative estimate of drug-likeness (QED) is 0.679. The molecular weight excluding hydrogens is 198 g/mol. The van der Waals surface area contributed by atoms with Crippen LogP contribution in [0.25, 0.3) is 0 Å². The van der Waals surface area contributed by atoms with Crippen LogP contribution in [0.3, 0.4) is 0 Å². The van der Waals surface area contributed by atoms with E-state index in [-0.39, 0.29) is 0 Å². The largest absolute Gasteiger partial charge is 0.494 e. The Hall–Kier alpha value is -1.28. The van der Waals surface area contributed by atoms with Crippen LogP contribution in [0.5, 0.6) is 5.75 Å². The topological polar surface area (TPSA) is 21.3 Å². The number of para-hydroxylation sites is 1. The fourth-order valence-corrected chi connectivity index (χ4v) is 1.63. The maximum atomic E-state index is 5.65. The molecule has 0 fully saturated rings. The van der Waals surface area contributed by atoms with E-state index in [0.717, 1.165) is 31.7 Å². The van der Waals surface area contributed by atoms with Crippen LogP contribution in [0.1, 0.15) is 19.8 Å². The van der Waals surface area contributed by atoms with Crippen molar-refractivity contribution in [2.75, 3.05) is 13.2 Å². The Kier molecular flexibility index (Phi) is 6.35. The van der Waals surface area contributed by atoms with Crippen LogP contribution in [0.4, 0.5) is 0 Å². The zero-order valence-corrected chi connectivity index (χ0v) is 9.99. The lowest BCUT2D eigenvalue weighted by Gasteiger charge is -2.16. The molecule has 0 heterocycles. The summed E-state index contributed by atoms with van der Waals surface area (Å²) >= 11 is 0. The molecule has 1 atom stereocenters. The van der Waals surface area contributed by atoms with Gasteiger partial charge in [-0.1, -0.05) is 31.2 Å². The molecule has 0 amide bonds. The first-order chi connectivity index (χ1) is 7.86. The summed E-state index contributed by atoms with van der Waals surface area (Å²) in [5.41, 5.74) is 0. The highest BCUT2D eigenvalue weighted by atomic mass is 16.5. The van der Waals surface area contributed by atoms with Crippen LogP contribution in [-0.4, -0.2) is 19.2 Å². The third-order valence-electron chi connectivity index (χ3n) is 2.42. The second kappa shape index (κ2) is 7.94. The van der Waals surface area contributed by atoms with E-state index in [4.69, 9.17) is 4.74 Å². The Balaban J connectivity index is 2.24. The van der Waals surface area contributed by atoms with Crippen molar-refractivity contribution >= 4 is 0 Å². The number of ether oxygens (including phenoxy) is 1. The Bertz CT molecular complexity index is 284. The number of hydrogen-bond donors (Lipinski definition) is 1. The lowest BCUT2D eigenvalue weighted by atomic mass is 10.1. The van der Waals surface area contributed by atoms with E-state index in [2.05, 4.69) is 18.8 Å². The van der Waals surface area contributed by atoms with Crippen LogP contribution in [0.15, 0.2) is 43.0 Å². The predicted octanol–water partition coefficient (Wildman–Crippen LogP) is 3.01. The Morgan fingerprint density at radius 3 is 2.75 bits per heavy atom. The SMILES string of the molecule is C=CCC(CCOc1ccccc1)NCC. The molecule has 88 valence electrons. The van der Waals surface area contributed by atoms with Crippen LogP contribution >= 0.6 is 0 Å². The number of nitrogens with one attached hydrogen (secondary N) is 1. The number of benzene rings is 1. The second-order valence-corrected chi connectivity index (χ2v) is 3.73. The normalized spacial score (nSPS) is 12.1. The van der Waals surface area contributed by atoms with E-state index in [1.807, 2.05) is 36.4 Å². The van der Waals surface area contributed by atoms with Gasteiger partial charge in [0.1, 0.15) is 5.75 Å². The predicted molar refractivity (Wildman–Crippen MR) is 68.8 cm³/mol. The molecule has 0 aliphatic heterocycles. The van der Waals surface area contributed by atoms with Gasteiger partial charge in [0.15, 0.2) is 0 Å². The maximum absolute atomic E-state index is 5.65. The van der Waals surface area contributed by atoms with Gasteiger partial charge in [-0.05, 0) is 31.5 Å². The van der Waals surface area contributed by atoms with Gasteiger partial charge in [0.2, 0.25) is 0 Å². The molecule has 2 nitrogen and oxygen atoms in total. The lowest BCUT2D eigenvalue weighted by Crippen LogP contribution is -2.29. The van der Waals surface area contributed by atoms with Crippen LogP contribution in [0, 0.1) is 0 Å². The minimum absolute atomic E-state index is 0.478. The molecule has 2 heteroatoms. The van der Waals surface area contributed by atoms with Crippen LogP contribution in [0.2, 0.25) is 0 Å². The molecular formula is C14H21NO. The van der Waals surface area contributed by atoms with E-state index >= 15 is 0 Å².